The third kappa shape index (κ3) is 4.36. The van der Waals surface area contributed by atoms with Crippen LogP contribution in [-0.2, 0) is 11.3 Å². The molecule has 2 aromatic carbocycles. The normalized spacial score (nSPS) is 11.2. The van der Waals surface area contributed by atoms with Crippen LogP contribution in [0.15, 0.2) is 54.6 Å². The molecule has 0 heterocycles. The Balaban J connectivity index is 1.93. The first-order chi connectivity index (χ1) is 10.2. The molecule has 0 aliphatic heterocycles. The van der Waals surface area contributed by atoms with Crippen molar-refractivity contribution in [1.29, 1.82) is 5.26 Å². The van der Waals surface area contributed by atoms with Gasteiger partial charge in [0.25, 0.3) is 0 Å². The summed E-state index contributed by atoms with van der Waals surface area (Å²) in [5.74, 6) is 0.155. The summed E-state index contributed by atoms with van der Waals surface area (Å²) in [6.45, 7) is 1.99. The zero-order valence-corrected chi connectivity index (χ0v) is 11.7. The van der Waals surface area contributed by atoms with Gasteiger partial charge in [-0.05, 0) is 36.8 Å². The van der Waals surface area contributed by atoms with Gasteiger partial charge in [-0.15, -0.1) is 0 Å². The van der Waals surface area contributed by atoms with E-state index in [1.165, 1.54) is 6.92 Å². The van der Waals surface area contributed by atoms with Crippen molar-refractivity contribution in [1.82, 2.24) is 0 Å². The van der Waals surface area contributed by atoms with Crippen LogP contribution in [0.1, 0.15) is 22.8 Å². The zero-order chi connectivity index (χ0) is 15.1. The first-order valence-corrected chi connectivity index (χ1v) is 6.56. The molecule has 1 atom stereocenters. The van der Waals surface area contributed by atoms with E-state index in [0.29, 0.717) is 17.9 Å². The lowest BCUT2D eigenvalue weighted by molar-refractivity contribution is 0.0435. The molecule has 0 saturated carbocycles. The summed E-state index contributed by atoms with van der Waals surface area (Å²) < 4.78 is 10.5. The predicted octanol–water partition coefficient (Wildman–Crippen LogP) is 3.33. The molecule has 0 N–H and O–H groups in total. The van der Waals surface area contributed by atoms with Crippen LogP contribution in [-0.4, -0.2) is 12.1 Å². The van der Waals surface area contributed by atoms with Gasteiger partial charge in [0.2, 0.25) is 0 Å². The van der Waals surface area contributed by atoms with E-state index in [4.69, 9.17) is 14.7 Å². The van der Waals surface area contributed by atoms with Crippen LogP contribution in [0.4, 0.5) is 0 Å². The maximum atomic E-state index is 11.7. The molecule has 0 spiro atoms. The molecule has 2 aromatic rings. The Labute approximate surface area is 123 Å². The van der Waals surface area contributed by atoms with Crippen LogP contribution in [0.5, 0.6) is 5.75 Å². The van der Waals surface area contributed by atoms with Crippen LogP contribution < -0.4 is 4.74 Å². The molecule has 4 nitrogen and oxygen atoms in total. The fourth-order valence-corrected chi connectivity index (χ4v) is 1.68. The van der Waals surface area contributed by atoms with Crippen molar-refractivity contribution < 1.29 is 14.3 Å². The van der Waals surface area contributed by atoms with Gasteiger partial charge in [-0.3, -0.25) is 0 Å². The van der Waals surface area contributed by atoms with Crippen LogP contribution in [0, 0.1) is 11.3 Å². The van der Waals surface area contributed by atoms with Crippen LogP contribution >= 0.6 is 0 Å². The third-order valence-corrected chi connectivity index (χ3v) is 2.80. The van der Waals surface area contributed by atoms with Gasteiger partial charge in [-0.2, -0.15) is 5.26 Å². The van der Waals surface area contributed by atoms with E-state index in [9.17, 15) is 4.79 Å². The maximum absolute atomic E-state index is 11.7. The van der Waals surface area contributed by atoms with Crippen molar-refractivity contribution >= 4 is 5.97 Å². The number of esters is 1. The van der Waals surface area contributed by atoms with Gasteiger partial charge in [0.15, 0.2) is 6.10 Å². The third-order valence-electron chi connectivity index (χ3n) is 2.80. The molecule has 0 bridgehead atoms. The summed E-state index contributed by atoms with van der Waals surface area (Å²) in [4.78, 5) is 11.7. The van der Waals surface area contributed by atoms with E-state index in [0.717, 1.165) is 5.56 Å². The number of benzene rings is 2. The summed E-state index contributed by atoms with van der Waals surface area (Å²) in [6.07, 6.45) is -0.758. The quantitative estimate of drug-likeness (QED) is 0.789. The second kappa shape index (κ2) is 7.11. The van der Waals surface area contributed by atoms with Crippen molar-refractivity contribution in [2.24, 2.45) is 0 Å². The van der Waals surface area contributed by atoms with Crippen molar-refractivity contribution in [3.8, 4) is 11.8 Å². The number of ether oxygens (including phenoxy) is 2. The number of carbonyl (C=O) groups excluding carboxylic acids is 1. The van der Waals surface area contributed by atoms with Gasteiger partial charge < -0.3 is 9.47 Å². The van der Waals surface area contributed by atoms with Crippen molar-refractivity contribution in [3.05, 3.63) is 65.7 Å². The first kappa shape index (κ1) is 14.6. The van der Waals surface area contributed by atoms with Crippen molar-refractivity contribution in [3.63, 3.8) is 0 Å². The summed E-state index contributed by atoms with van der Waals surface area (Å²) in [5.41, 5.74) is 1.47. The highest BCUT2D eigenvalue weighted by Gasteiger charge is 2.11. The monoisotopic (exact) mass is 281 g/mol. The van der Waals surface area contributed by atoms with Crippen LogP contribution in [0.25, 0.3) is 0 Å². The summed E-state index contributed by atoms with van der Waals surface area (Å²) in [5, 5.41) is 8.61. The van der Waals surface area contributed by atoms with E-state index < -0.39 is 12.1 Å². The SMILES string of the molecule is C[C@H](C#N)OC(=O)c1ccc(OCc2ccccc2)cc1. The minimum Gasteiger partial charge on any atom is -0.489 e. The average molecular weight is 281 g/mol. The van der Waals surface area contributed by atoms with Gasteiger partial charge in [-0.1, -0.05) is 30.3 Å². The number of nitrogens with zero attached hydrogens (tertiary/aromatic N) is 1. The summed E-state index contributed by atoms with van der Waals surface area (Å²) in [7, 11) is 0. The molecule has 0 aliphatic carbocycles. The highest BCUT2D eigenvalue weighted by atomic mass is 16.5. The van der Waals surface area contributed by atoms with Crippen LogP contribution in [0.2, 0.25) is 0 Å². The molecule has 21 heavy (non-hydrogen) atoms. The first-order valence-electron chi connectivity index (χ1n) is 6.56. The van der Waals surface area contributed by atoms with E-state index in [1.54, 1.807) is 24.3 Å². The highest BCUT2D eigenvalue weighted by Crippen LogP contribution is 2.15. The molecule has 0 saturated heterocycles. The zero-order valence-electron chi connectivity index (χ0n) is 11.7. The Morgan fingerprint density at radius 2 is 1.81 bits per heavy atom. The standard InChI is InChI=1S/C17H15NO3/c1-13(11-18)21-17(19)15-7-9-16(10-8-15)20-12-14-5-3-2-4-6-14/h2-10,13H,12H2,1H3/t13-/m1/s1. The lowest BCUT2D eigenvalue weighted by Gasteiger charge is -2.08. The Morgan fingerprint density at radius 3 is 2.43 bits per heavy atom. The summed E-state index contributed by atoms with van der Waals surface area (Å²) in [6, 6.07) is 18.3. The van der Waals surface area contributed by atoms with Crippen molar-refractivity contribution in [2.45, 2.75) is 19.6 Å². The number of carbonyl (C=O) groups is 1. The number of hydrogen-bond acceptors (Lipinski definition) is 4. The fraction of sp³-hybridized carbons (Fsp3) is 0.176. The highest BCUT2D eigenvalue weighted by molar-refractivity contribution is 5.89. The Bertz CT molecular complexity index is 629. The number of nitriles is 1. The largest absolute Gasteiger partial charge is 0.489 e. The molecule has 0 aromatic heterocycles. The van der Waals surface area contributed by atoms with E-state index in [2.05, 4.69) is 0 Å². The van der Waals surface area contributed by atoms with Gasteiger partial charge in [0, 0.05) is 0 Å². The summed E-state index contributed by atoms with van der Waals surface area (Å²) >= 11 is 0. The predicted molar refractivity (Wildman–Crippen MR) is 77.7 cm³/mol. The van der Waals surface area contributed by atoms with Gasteiger partial charge in [-0.25, -0.2) is 4.79 Å². The second-order valence-electron chi connectivity index (χ2n) is 4.48. The number of rotatable bonds is 5. The molecule has 0 fully saturated rings. The van der Waals surface area contributed by atoms with Gasteiger partial charge >= 0.3 is 5.97 Å². The molecular weight excluding hydrogens is 266 g/mol. The van der Waals surface area contributed by atoms with E-state index in [-0.39, 0.29) is 0 Å². The van der Waals surface area contributed by atoms with E-state index in [1.807, 2.05) is 36.4 Å². The van der Waals surface area contributed by atoms with Gasteiger partial charge in [0.05, 0.1) is 5.56 Å². The molecule has 4 heteroatoms. The van der Waals surface area contributed by atoms with Crippen LogP contribution in [0.3, 0.4) is 0 Å². The van der Waals surface area contributed by atoms with Crippen molar-refractivity contribution in [2.75, 3.05) is 0 Å². The van der Waals surface area contributed by atoms with Gasteiger partial charge in [0.1, 0.15) is 18.4 Å². The molecule has 0 aliphatic rings. The minimum atomic E-state index is -0.758. The average Bonchev–Trinajstić information content (AvgIpc) is 2.54. The lowest BCUT2D eigenvalue weighted by Crippen LogP contribution is -2.12. The molecule has 106 valence electrons. The molecule has 0 unspecified atom stereocenters. The molecule has 0 amide bonds. The number of hydrogen-bond donors (Lipinski definition) is 0. The molecule has 0 radical (unpaired) electrons. The second-order valence-corrected chi connectivity index (χ2v) is 4.48. The lowest BCUT2D eigenvalue weighted by atomic mass is 10.2. The molecular formula is C17H15NO3. The molecule has 2 rings (SSSR count). The minimum absolute atomic E-state index is 0.393. The topological polar surface area (TPSA) is 59.3 Å². The Morgan fingerprint density at radius 1 is 1.14 bits per heavy atom. The fourth-order valence-electron chi connectivity index (χ4n) is 1.68. The Hall–Kier alpha value is -2.80. The Kier molecular flexibility index (Phi) is 4.94. The van der Waals surface area contributed by atoms with E-state index >= 15 is 0 Å². The maximum Gasteiger partial charge on any atom is 0.339 e. The smallest absolute Gasteiger partial charge is 0.339 e.